The Labute approximate surface area is 193 Å². The van der Waals surface area contributed by atoms with Gasteiger partial charge in [-0.25, -0.2) is 4.98 Å². The largest absolute Gasteiger partial charge is 0.493 e. The average molecular weight is 457 g/mol. The van der Waals surface area contributed by atoms with Crippen LogP contribution in [-0.4, -0.2) is 46.6 Å². The highest BCUT2D eigenvalue weighted by molar-refractivity contribution is 6.29. The van der Waals surface area contributed by atoms with Crippen molar-refractivity contribution in [2.75, 3.05) is 25.1 Å². The minimum atomic E-state index is -0.188. The Morgan fingerprint density at radius 1 is 1.28 bits per heavy atom. The first-order chi connectivity index (χ1) is 15.2. The van der Waals surface area contributed by atoms with Gasteiger partial charge in [0.1, 0.15) is 5.15 Å². The molecule has 0 aromatic carbocycles. The van der Waals surface area contributed by atoms with Crippen molar-refractivity contribution in [1.82, 2.24) is 14.9 Å². The zero-order chi connectivity index (χ0) is 22.6. The maximum Gasteiger partial charge on any atom is 0.223 e. The number of hydrogen-bond donors (Lipinski definition) is 0. The van der Waals surface area contributed by atoms with E-state index in [1.54, 1.807) is 13.3 Å². The van der Waals surface area contributed by atoms with Crippen molar-refractivity contribution in [1.29, 1.82) is 0 Å². The lowest BCUT2D eigenvalue weighted by Gasteiger charge is -2.41. The number of hydrogen-bond acceptors (Lipinski definition) is 6. The van der Waals surface area contributed by atoms with Crippen LogP contribution in [0.5, 0.6) is 5.75 Å². The lowest BCUT2D eigenvalue weighted by molar-refractivity contribution is -0.133. The van der Waals surface area contributed by atoms with Gasteiger partial charge in [0.25, 0.3) is 0 Å². The van der Waals surface area contributed by atoms with E-state index in [1.165, 1.54) is 16.7 Å². The van der Waals surface area contributed by atoms with E-state index >= 15 is 0 Å². The van der Waals surface area contributed by atoms with Gasteiger partial charge < -0.3 is 19.3 Å². The van der Waals surface area contributed by atoms with E-state index in [-0.39, 0.29) is 11.5 Å². The number of nitrogens with zero attached hydrogens (tertiary/aromatic N) is 4. The third kappa shape index (κ3) is 3.82. The molecule has 0 spiro atoms. The molecule has 1 saturated heterocycles. The van der Waals surface area contributed by atoms with E-state index in [2.05, 4.69) is 30.7 Å². The number of amides is 1. The summed E-state index contributed by atoms with van der Waals surface area (Å²) in [5.74, 6) is 1.22. The summed E-state index contributed by atoms with van der Waals surface area (Å²) in [6.45, 7) is 9.82. The van der Waals surface area contributed by atoms with Crippen LogP contribution in [0.1, 0.15) is 48.3 Å². The van der Waals surface area contributed by atoms with Gasteiger partial charge in [-0.15, -0.1) is 0 Å². The number of fused-ring (bicyclic) bond motifs is 2. The Balaban J connectivity index is 1.22. The molecule has 3 aliphatic heterocycles. The number of ether oxygens (including phenoxy) is 2. The number of carbonyl (C=O) groups is 1. The van der Waals surface area contributed by atoms with Crippen molar-refractivity contribution < 1.29 is 14.3 Å². The molecular formula is C24H29ClN4O3. The summed E-state index contributed by atoms with van der Waals surface area (Å²) in [7, 11) is 1.63. The molecule has 170 valence electrons. The lowest BCUT2D eigenvalue weighted by atomic mass is 9.91. The molecule has 0 saturated carbocycles. The Hall–Kier alpha value is -2.38. The molecule has 0 aliphatic carbocycles. The quantitative estimate of drug-likeness (QED) is 0.654. The first-order valence-electron chi connectivity index (χ1n) is 11.1. The second-order valence-electron chi connectivity index (χ2n) is 9.72. The molecule has 32 heavy (non-hydrogen) atoms. The Morgan fingerprint density at radius 2 is 2.06 bits per heavy atom. The van der Waals surface area contributed by atoms with E-state index in [0.29, 0.717) is 42.9 Å². The Morgan fingerprint density at radius 3 is 2.81 bits per heavy atom. The average Bonchev–Trinajstić information content (AvgIpc) is 3.14. The van der Waals surface area contributed by atoms with E-state index in [1.807, 2.05) is 11.0 Å². The van der Waals surface area contributed by atoms with Crippen molar-refractivity contribution in [3.05, 3.63) is 45.5 Å². The van der Waals surface area contributed by atoms with Crippen molar-refractivity contribution >= 4 is 23.2 Å². The molecule has 5 rings (SSSR count). The molecule has 8 heteroatoms. The van der Waals surface area contributed by atoms with Crippen LogP contribution in [0.3, 0.4) is 0 Å². The minimum absolute atomic E-state index is 0.188. The fourth-order valence-corrected chi connectivity index (χ4v) is 5.15. The van der Waals surface area contributed by atoms with E-state index < -0.39 is 0 Å². The van der Waals surface area contributed by atoms with E-state index in [9.17, 15) is 4.79 Å². The molecule has 1 fully saturated rings. The summed E-state index contributed by atoms with van der Waals surface area (Å²) < 4.78 is 11.4. The molecule has 3 aliphatic rings. The van der Waals surface area contributed by atoms with Crippen molar-refractivity contribution in [3.63, 3.8) is 0 Å². The second kappa shape index (κ2) is 7.89. The number of anilines is 1. The summed E-state index contributed by atoms with van der Waals surface area (Å²) in [6, 6.07) is 1.82. The zero-order valence-electron chi connectivity index (χ0n) is 19.1. The van der Waals surface area contributed by atoms with E-state index in [0.717, 1.165) is 36.6 Å². The summed E-state index contributed by atoms with van der Waals surface area (Å²) in [5, 5.41) is 0.439. The highest BCUT2D eigenvalue weighted by Gasteiger charge is 2.36. The number of methoxy groups -OCH3 is 1. The van der Waals surface area contributed by atoms with Gasteiger partial charge in [0.05, 0.1) is 43.4 Å². The van der Waals surface area contributed by atoms with Crippen molar-refractivity contribution in [2.24, 2.45) is 5.92 Å². The molecule has 7 nitrogen and oxygen atoms in total. The van der Waals surface area contributed by atoms with Crippen LogP contribution in [0.25, 0.3) is 0 Å². The lowest BCUT2D eigenvalue weighted by Crippen LogP contribution is -2.48. The fraction of sp³-hybridized carbons (Fsp3) is 0.542. The number of halogens is 1. The standard InChI is InChI=1S/C24H29ClN4O3/c1-14-16-11-29(12-19(16)27-18-7-24(2,3)32-13-17(14)18)23(30)5-15-9-28(10-15)20-6-22(25)26-8-21(20)31-4/h6,8,15H,5,7,9-13H2,1-4H3. The van der Waals surface area contributed by atoms with Crippen LogP contribution in [-0.2, 0) is 35.6 Å². The van der Waals surface area contributed by atoms with Gasteiger partial charge in [-0.05, 0) is 31.9 Å². The molecule has 0 atom stereocenters. The van der Waals surface area contributed by atoms with Gasteiger partial charge >= 0.3 is 0 Å². The summed E-state index contributed by atoms with van der Waals surface area (Å²) in [4.78, 5) is 26.2. The normalized spacial score (nSPS) is 19.4. The Bertz CT molecular complexity index is 1080. The maximum absolute atomic E-state index is 13.1. The number of pyridine rings is 2. The first-order valence-corrected chi connectivity index (χ1v) is 11.5. The molecule has 2 aromatic heterocycles. The number of aromatic nitrogens is 2. The maximum atomic E-state index is 13.1. The third-order valence-electron chi connectivity index (χ3n) is 6.91. The zero-order valence-corrected chi connectivity index (χ0v) is 19.8. The van der Waals surface area contributed by atoms with Crippen LogP contribution in [0, 0.1) is 12.8 Å². The highest BCUT2D eigenvalue weighted by Crippen LogP contribution is 2.37. The summed E-state index contributed by atoms with van der Waals surface area (Å²) >= 11 is 6.06. The summed E-state index contributed by atoms with van der Waals surface area (Å²) in [5.41, 5.74) is 6.58. The molecule has 0 N–H and O–H groups in total. The smallest absolute Gasteiger partial charge is 0.223 e. The third-order valence-corrected chi connectivity index (χ3v) is 7.12. The van der Waals surface area contributed by atoms with Crippen molar-refractivity contribution in [2.45, 2.75) is 58.9 Å². The van der Waals surface area contributed by atoms with Crippen LogP contribution in [0.2, 0.25) is 5.15 Å². The van der Waals surface area contributed by atoms with Gasteiger partial charge in [-0.3, -0.25) is 9.78 Å². The molecule has 5 heterocycles. The first kappa shape index (κ1) is 21.5. The molecular weight excluding hydrogens is 428 g/mol. The van der Waals surface area contributed by atoms with E-state index in [4.69, 9.17) is 26.1 Å². The van der Waals surface area contributed by atoms with Crippen LogP contribution in [0.15, 0.2) is 12.3 Å². The summed E-state index contributed by atoms with van der Waals surface area (Å²) in [6.07, 6.45) is 2.99. The van der Waals surface area contributed by atoms with Crippen LogP contribution >= 0.6 is 11.6 Å². The molecule has 0 unspecified atom stereocenters. The Kier molecular flexibility index (Phi) is 5.29. The molecule has 0 bridgehead atoms. The second-order valence-corrected chi connectivity index (χ2v) is 10.1. The topological polar surface area (TPSA) is 67.8 Å². The van der Waals surface area contributed by atoms with Gasteiger partial charge in [0.2, 0.25) is 5.91 Å². The number of carbonyl (C=O) groups excluding carboxylic acids is 1. The van der Waals surface area contributed by atoms with Gasteiger partial charge in [-0.2, -0.15) is 0 Å². The highest BCUT2D eigenvalue weighted by atomic mass is 35.5. The van der Waals surface area contributed by atoms with Crippen LogP contribution < -0.4 is 9.64 Å². The fourth-order valence-electron chi connectivity index (χ4n) is 5.00. The number of rotatable bonds is 4. The molecule has 1 amide bonds. The van der Waals surface area contributed by atoms with Gasteiger partial charge in [0.15, 0.2) is 5.75 Å². The van der Waals surface area contributed by atoms with Gasteiger partial charge in [0, 0.05) is 55.7 Å². The van der Waals surface area contributed by atoms with Gasteiger partial charge in [-0.1, -0.05) is 11.6 Å². The van der Waals surface area contributed by atoms with Crippen LogP contribution in [0.4, 0.5) is 5.69 Å². The van der Waals surface area contributed by atoms with Crippen molar-refractivity contribution in [3.8, 4) is 5.75 Å². The minimum Gasteiger partial charge on any atom is -0.493 e. The monoisotopic (exact) mass is 456 g/mol. The predicted octanol–water partition coefficient (Wildman–Crippen LogP) is 3.67. The molecule has 0 radical (unpaired) electrons. The predicted molar refractivity (Wildman–Crippen MR) is 122 cm³/mol. The SMILES string of the molecule is COc1cnc(Cl)cc1N1CC(CC(=O)N2Cc3nc4c(c(C)c3C2)COC(C)(C)C4)C1. The molecule has 2 aromatic rings.